The van der Waals surface area contributed by atoms with Gasteiger partial charge in [0.15, 0.2) is 0 Å². The molecule has 92 valence electrons. The van der Waals surface area contributed by atoms with Crippen molar-refractivity contribution in [2.24, 2.45) is 5.41 Å². The van der Waals surface area contributed by atoms with Crippen LogP contribution in [0.15, 0.2) is 24.3 Å². The zero-order chi connectivity index (χ0) is 12.0. The van der Waals surface area contributed by atoms with Crippen LogP contribution in [0.4, 0.5) is 0 Å². The highest BCUT2D eigenvalue weighted by atomic mass is 16.7. The summed E-state index contributed by atoms with van der Waals surface area (Å²) in [6, 6.07) is 9.29. The van der Waals surface area contributed by atoms with Gasteiger partial charge in [-0.2, -0.15) is 5.06 Å². The summed E-state index contributed by atoms with van der Waals surface area (Å²) in [6.45, 7) is 7.83. The van der Waals surface area contributed by atoms with Crippen LogP contribution in [0.3, 0.4) is 0 Å². The lowest BCUT2D eigenvalue weighted by Crippen LogP contribution is -2.31. The molecule has 0 bridgehead atoms. The van der Waals surface area contributed by atoms with E-state index in [0.717, 1.165) is 19.4 Å². The van der Waals surface area contributed by atoms with E-state index in [1.165, 1.54) is 11.1 Å². The molecular weight excluding hydrogens is 210 g/mol. The fraction of sp³-hybridized carbons (Fsp3) is 0.600. The molecule has 3 rings (SSSR count). The number of hydroxylamine groups is 2. The smallest absolute Gasteiger partial charge is 0.0860 e. The zero-order valence-corrected chi connectivity index (χ0v) is 10.9. The zero-order valence-electron chi connectivity index (χ0n) is 10.9. The van der Waals surface area contributed by atoms with Gasteiger partial charge in [-0.15, -0.1) is 0 Å². The molecule has 2 heteroatoms. The fourth-order valence-corrected chi connectivity index (χ4v) is 2.92. The van der Waals surface area contributed by atoms with Crippen molar-refractivity contribution in [1.29, 1.82) is 0 Å². The molecular formula is C15H21NO. The molecule has 0 unspecified atom stereocenters. The molecule has 2 atom stereocenters. The molecule has 0 radical (unpaired) electrons. The number of benzene rings is 1. The molecule has 0 aromatic heterocycles. The van der Waals surface area contributed by atoms with Crippen molar-refractivity contribution in [2.75, 3.05) is 6.54 Å². The van der Waals surface area contributed by atoms with E-state index in [4.69, 9.17) is 4.84 Å². The molecule has 17 heavy (non-hydrogen) atoms. The second-order valence-electron chi connectivity index (χ2n) is 6.30. The highest BCUT2D eigenvalue weighted by molar-refractivity contribution is 5.32. The number of rotatable bonds is 0. The number of nitrogens with zero attached hydrogens (tertiary/aromatic N) is 1. The molecule has 1 fully saturated rings. The maximum absolute atomic E-state index is 6.12. The Labute approximate surface area is 104 Å². The Balaban J connectivity index is 1.90. The molecule has 0 spiro atoms. The van der Waals surface area contributed by atoms with E-state index in [2.05, 4.69) is 50.1 Å². The second-order valence-corrected chi connectivity index (χ2v) is 6.30. The molecule has 1 aromatic rings. The minimum absolute atomic E-state index is 0.228. The van der Waals surface area contributed by atoms with Crippen molar-refractivity contribution in [3.05, 3.63) is 35.4 Å². The van der Waals surface area contributed by atoms with Gasteiger partial charge in [-0.3, -0.25) is 4.84 Å². The van der Waals surface area contributed by atoms with E-state index >= 15 is 0 Å². The van der Waals surface area contributed by atoms with Crippen molar-refractivity contribution in [1.82, 2.24) is 5.06 Å². The average molecular weight is 231 g/mol. The Morgan fingerprint density at radius 1 is 1.24 bits per heavy atom. The maximum Gasteiger partial charge on any atom is 0.0860 e. The maximum atomic E-state index is 6.12. The summed E-state index contributed by atoms with van der Waals surface area (Å²) in [7, 11) is 0. The lowest BCUT2D eigenvalue weighted by molar-refractivity contribution is -0.187. The Kier molecular flexibility index (Phi) is 2.53. The molecule has 1 aromatic carbocycles. The van der Waals surface area contributed by atoms with Crippen LogP contribution < -0.4 is 0 Å². The minimum atomic E-state index is 0.228. The lowest BCUT2D eigenvalue weighted by Gasteiger charge is -2.30. The third kappa shape index (κ3) is 1.90. The summed E-state index contributed by atoms with van der Waals surface area (Å²) in [6.07, 6.45) is 2.59. The van der Waals surface area contributed by atoms with Crippen LogP contribution in [-0.4, -0.2) is 17.7 Å². The minimum Gasteiger partial charge on any atom is -0.294 e. The van der Waals surface area contributed by atoms with E-state index in [0.29, 0.717) is 12.1 Å². The largest absolute Gasteiger partial charge is 0.294 e. The van der Waals surface area contributed by atoms with Gasteiger partial charge in [-0.25, -0.2) is 0 Å². The Bertz CT molecular complexity index is 421. The quantitative estimate of drug-likeness (QED) is 0.679. The van der Waals surface area contributed by atoms with Crippen molar-refractivity contribution in [3.63, 3.8) is 0 Å². The van der Waals surface area contributed by atoms with Crippen LogP contribution in [0.1, 0.15) is 44.4 Å². The molecule has 2 heterocycles. The molecule has 0 saturated carbocycles. The first-order chi connectivity index (χ1) is 8.05. The third-order valence-corrected chi connectivity index (χ3v) is 4.03. The average Bonchev–Trinajstić information content (AvgIpc) is 2.72. The first-order valence-corrected chi connectivity index (χ1v) is 6.57. The molecule has 0 aliphatic carbocycles. The van der Waals surface area contributed by atoms with Crippen LogP contribution in [0.2, 0.25) is 0 Å². The van der Waals surface area contributed by atoms with Crippen LogP contribution in [0.25, 0.3) is 0 Å². The highest BCUT2D eigenvalue weighted by Crippen LogP contribution is 2.43. The molecule has 2 nitrogen and oxygen atoms in total. The van der Waals surface area contributed by atoms with Crippen molar-refractivity contribution < 1.29 is 4.84 Å². The number of hydrogen-bond acceptors (Lipinski definition) is 2. The third-order valence-electron chi connectivity index (χ3n) is 4.03. The summed E-state index contributed by atoms with van der Waals surface area (Å²) in [5.41, 5.74) is 3.21. The van der Waals surface area contributed by atoms with Gasteiger partial charge in [-0.1, -0.05) is 45.0 Å². The first-order valence-electron chi connectivity index (χ1n) is 6.57. The Morgan fingerprint density at radius 2 is 2.00 bits per heavy atom. The predicted molar refractivity (Wildman–Crippen MR) is 68.5 cm³/mol. The summed E-state index contributed by atoms with van der Waals surface area (Å²) in [4.78, 5) is 6.12. The molecule has 0 amide bonds. The lowest BCUT2D eigenvalue weighted by atomic mass is 9.83. The van der Waals surface area contributed by atoms with Crippen molar-refractivity contribution in [3.8, 4) is 0 Å². The molecule has 2 aliphatic rings. The standard InChI is InChI=1S/C15H21NO/c1-15(2,3)14-10-13-12-7-5-4-6-11(12)8-9-16(13)17-14/h4-7,13-14H,8-10H2,1-3H3/t13-,14-/m1/s1. The second kappa shape index (κ2) is 3.82. The van der Waals surface area contributed by atoms with Crippen LogP contribution >= 0.6 is 0 Å². The summed E-state index contributed by atoms with van der Waals surface area (Å²) in [5, 5.41) is 2.21. The van der Waals surface area contributed by atoms with Crippen LogP contribution in [-0.2, 0) is 11.3 Å². The number of hydrogen-bond donors (Lipinski definition) is 0. The van der Waals surface area contributed by atoms with Gasteiger partial charge in [-0.05, 0) is 29.4 Å². The summed E-state index contributed by atoms with van der Waals surface area (Å²) >= 11 is 0. The SMILES string of the molecule is CC(C)(C)[C@H]1C[C@@H]2c3ccccc3CCN2O1. The van der Waals surface area contributed by atoms with E-state index in [-0.39, 0.29) is 5.41 Å². The van der Waals surface area contributed by atoms with E-state index in [1.807, 2.05) is 0 Å². The molecule has 0 N–H and O–H groups in total. The van der Waals surface area contributed by atoms with Crippen molar-refractivity contribution in [2.45, 2.75) is 45.8 Å². The highest BCUT2D eigenvalue weighted by Gasteiger charge is 2.42. The van der Waals surface area contributed by atoms with Crippen LogP contribution in [0, 0.1) is 5.41 Å². The van der Waals surface area contributed by atoms with E-state index in [9.17, 15) is 0 Å². The van der Waals surface area contributed by atoms with Gasteiger partial charge in [0.2, 0.25) is 0 Å². The molecule has 2 aliphatic heterocycles. The molecule has 1 saturated heterocycles. The summed E-state index contributed by atoms with van der Waals surface area (Å²) in [5.74, 6) is 0. The number of fused-ring (bicyclic) bond motifs is 3. The monoisotopic (exact) mass is 231 g/mol. The van der Waals surface area contributed by atoms with Gasteiger partial charge in [0.25, 0.3) is 0 Å². The van der Waals surface area contributed by atoms with Gasteiger partial charge in [0, 0.05) is 6.54 Å². The van der Waals surface area contributed by atoms with E-state index in [1.54, 1.807) is 0 Å². The Hall–Kier alpha value is -0.860. The fourth-order valence-electron chi connectivity index (χ4n) is 2.92. The van der Waals surface area contributed by atoms with E-state index < -0.39 is 0 Å². The van der Waals surface area contributed by atoms with Gasteiger partial charge in [0.1, 0.15) is 0 Å². The topological polar surface area (TPSA) is 12.5 Å². The summed E-state index contributed by atoms with van der Waals surface area (Å²) < 4.78 is 0. The van der Waals surface area contributed by atoms with Crippen molar-refractivity contribution >= 4 is 0 Å². The Morgan fingerprint density at radius 3 is 2.76 bits per heavy atom. The van der Waals surface area contributed by atoms with Gasteiger partial charge < -0.3 is 0 Å². The normalized spacial score (nSPS) is 28.9. The predicted octanol–water partition coefficient (Wildman–Crippen LogP) is 3.34. The van der Waals surface area contributed by atoms with Gasteiger partial charge in [0.05, 0.1) is 12.1 Å². The van der Waals surface area contributed by atoms with Crippen LogP contribution in [0.5, 0.6) is 0 Å². The first kappa shape index (κ1) is 11.2. The van der Waals surface area contributed by atoms with Gasteiger partial charge >= 0.3 is 0 Å².